The first-order valence-electron chi connectivity index (χ1n) is 6.03. The Bertz CT molecular complexity index is 584. The van der Waals surface area contributed by atoms with Gasteiger partial charge in [0.25, 0.3) is 0 Å². The lowest BCUT2D eigenvalue weighted by Gasteiger charge is -2.21. The first-order valence-corrected chi connectivity index (χ1v) is 6.41. The van der Waals surface area contributed by atoms with Gasteiger partial charge >= 0.3 is 0 Å². The molecule has 0 spiro atoms. The minimum Gasteiger partial charge on any atom is -0.343 e. The fourth-order valence-electron chi connectivity index (χ4n) is 1.90. The Morgan fingerprint density at radius 1 is 1.21 bits per heavy atom. The van der Waals surface area contributed by atoms with E-state index in [1.165, 1.54) is 12.1 Å². The fraction of sp³-hybridized carbons (Fsp3) is 0.200. The lowest BCUT2D eigenvalue weighted by atomic mass is 10.1. The molecule has 2 rings (SSSR count). The van der Waals surface area contributed by atoms with Gasteiger partial charge < -0.3 is 10.6 Å². The van der Waals surface area contributed by atoms with Crippen LogP contribution in [0, 0.1) is 5.82 Å². The van der Waals surface area contributed by atoms with Crippen LogP contribution in [-0.2, 0) is 0 Å². The third kappa shape index (κ3) is 3.06. The Hall–Kier alpha value is -1.58. The second-order valence-corrected chi connectivity index (χ2v) is 4.95. The lowest BCUT2D eigenvalue weighted by molar-refractivity contribution is 0.628. The van der Waals surface area contributed by atoms with Crippen molar-refractivity contribution in [2.75, 3.05) is 11.9 Å². The molecule has 0 radical (unpaired) electrons. The van der Waals surface area contributed by atoms with E-state index in [0.717, 1.165) is 16.9 Å². The van der Waals surface area contributed by atoms with Crippen molar-refractivity contribution >= 4 is 23.0 Å². The van der Waals surface area contributed by atoms with Gasteiger partial charge in [-0.15, -0.1) is 0 Å². The molecule has 2 aromatic carbocycles. The van der Waals surface area contributed by atoms with Crippen molar-refractivity contribution in [2.45, 2.75) is 13.0 Å². The molecule has 2 N–H and O–H groups in total. The number of halogens is 2. The lowest BCUT2D eigenvalue weighted by Crippen LogP contribution is -2.11. The summed E-state index contributed by atoms with van der Waals surface area (Å²) in [7, 11) is 1.85. The van der Waals surface area contributed by atoms with Crippen LogP contribution in [0.4, 0.5) is 15.8 Å². The number of rotatable bonds is 3. The highest BCUT2D eigenvalue weighted by Gasteiger charge is 2.10. The summed E-state index contributed by atoms with van der Waals surface area (Å²) >= 11 is 6.27. The molecule has 0 aliphatic rings. The average Bonchev–Trinajstić information content (AvgIpc) is 2.37. The number of nitrogens with zero attached hydrogens (tertiary/aromatic N) is 1. The molecule has 0 aliphatic heterocycles. The maximum absolute atomic E-state index is 13.2. The van der Waals surface area contributed by atoms with E-state index >= 15 is 0 Å². The molecule has 0 fully saturated rings. The van der Waals surface area contributed by atoms with Crippen LogP contribution in [-0.4, -0.2) is 7.05 Å². The van der Waals surface area contributed by atoms with E-state index in [9.17, 15) is 4.39 Å². The van der Waals surface area contributed by atoms with E-state index in [0.29, 0.717) is 5.02 Å². The first-order chi connectivity index (χ1) is 8.99. The summed E-state index contributed by atoms with van der Waals surface area (Å²) in [5.41, 5.74) is 8.35. The highest BCUT2D eigenvalue weighted by atomic mass is 35.5. The Kier molecular flexibility index (Phi) is 4.08. The van der Waals surface area contributed by atoms with Crippen LogP contribution in [0.2, 0.25) is 5.02 Å². The second kappa shape index (κ2) is 5.59. The van der Waals surface area contributed by atoms with Crippen molar-refractivity contribution in [1.29, 1.82) is 0 Å². The van der Waals surface area contributed by atoms with Crippen molar-refractivity contribution in [2.24, 2.45) is 5.73 Å². The highest BCUT2D eigenvalue weighted by molar-refractivity contribution is 6.33. The van der Waals surface area contributed by atoms with Crippen LogP contribution in [0.3, 0.4) is 0 Å². The van der Waals surface area contributed by atoms with Crippen molar-refractivity contribution in [3.05, 3.63) is 58.9 Å². The maximum atomic E-state index is 13.2. The molecule has 0 saturated carbocycles. The third-order valence-corrected chi connectivity index (χ3v) is 3.36. The van der Waals surface area contributed by atoms with Gasteiger partial charge in [-0.1, -0.05) is 23.7 Å². The number of benzene rings is 2. The zero-order valence-corrected chi connectivity index (χ0v) is 11.7. The van der Waals surface area contributed by atoms with Gasteiger partial charge in [-0.3, -0.25) is 0 Å². The molecule has 0 saturated heterocycles. The Balaban J connectivity index is 2.36. The molecule has 1 atom stereocenters. The molecule has 0 aromatic heterocycles. The summed E-state index contributed by atoms with van der Waals surface area (Å²) in [6.07, 6.45) is 0. The van der Waals surface area contributed by atoms with Crippen molar-refractivity contribution < 1.29 is 4.39 Å². The Labute approximate surface area is 117 Å². The summed E-state index contributed by atoms with van der Waals surface area (Å²) in [4.78, 5) is 1.84. The first kappa shape index (κ1) is 13.8. The largest absolute Gasteiger partial charge is 0.343 e. The predicted octanol–water partition coefficient (Wildman–Crippen LogP) is 4.27. The predicted molar refractivity (Wildman–Crippen MR) is 78.5 cm³/mol. The topological polar surface area (TPSA) is 29.3 Å². The maximum Gasteiger partial charge on any atom is 0.125 e. The molecule has 1 unspecified atom stereocenters. The van der Waals surface area contributed by atoms with Gasteiger partial charge in [-0.25, -0.2) is 4.39 Å². The smallest absolute Gasteiger partial charge is 0.125 e. The molecule has 100 valence electrons. The van der Waals surface area contributed by atoms with E-state index in [4.69, 9.17) is 17.3 Å². The zero-order chi connectivity index (χ0) is 14.0. The molecular formula is C15H16ClFN2. The van der Waals surface area contributed by atoms with Crippen LogP contribution >= 0.6 is 11.6 Å². The zero-order valence-electron chi connectivity index (χ0n) is 10.9. The van der Waals surface area contributed by atoms with Crippen molar-refractivity contribution in [3.63, 3.8) is 0 Å². The van der Waals surface area contributed by atoms with Gasteiger partial charge in [0.15, 0.2) is 0 Å². The van der Waals surface area contributed by atoms with Crippen LogP contribution in [0.25, 0.3) is 0 Å². The van der Waals surface area contributed by atoms with Crippen LogP contribution in [0.15, 0.2) is 42.5 Å². The van der Waals surface area contributed by atoms with E-state index in [1.807, 2.05) is 43.1 Å². The van der Waals surface area contributed by atoms with Crippen LogP contribution in [0.1, 0.15) is 18.5 Å². The Morgan fingerprint density at radius 3 is 2.53 bits per heavy atom. The molecule has 19 heavy (non-hydrogen) atoms. The van der Waals surface area contributed by atoms with Crippen molar-refractivity contribution in [1.82, 2.24) is 0 Å². The molecule has 0 amide bonds. The van der Waals surface area contributed by atoms with Crippen molar-refractivity contribution in [3.8, 4) is 0 Å². The van der Waals surface area contributed by atoms with Gasteiger partial charge in [-0.05, 0) is 42.8 Å². The van der Waals surface area contributed by atoms with E-state index < -0.39 is 0 Å². The Morgan fingerprint density at radius 2 is 1.95 bits per heavy atom. The van der Waals surface area contributed by atoms with Gasteiger partial charge in [0, 0.05) is 18.8 Å². The van der Waals surface area contributed by atoms with E-state index in [1.54, 1.807) is 6.07 Å². The summed E-state index contributed by atoms with van der Waals surface area (Å²) < 4.78 is 13.2. The van der Waals surface area contributed by atoms with E-state index in [2.05, 4.69) is 0 Å². The summed E-state index contributed by atoms with van der Waals surface area (Å²) in [5.74, 6) is -0.271. The summed E-state index contributed by atoms with van der Waals surface area (Å²) in [6, 6.07) is 12.0. The summed E-state index contributed by atoms with van der Waals surface area (Å²) in [5, 5.41) is 0.599. The van der Waals surface area contributed by atoms with Gasteiger partial charge in [-0.2, -0.15) is 0 Å². The monoisotopic (exact) mass is 278 g/mol. The van der Waals surface area contributed by atoms with Crippen LogP contribution < -0.4 is 10.6 Å². The van der Waals surface area contributed by atoms with Crippen LogP contribution in [0.5, 0.6) is 0 Å². The standard InChI is InChI=1S/C15H16ClFN2/c1-10(18)11-6-7-15(14(16)8-11)19(2)13-5-3-4-12(17)9-13/h3-10H,18H2,1-2H3. The SMILES string of the molecule is CC(N)c1ccc(N(C)c2cccc(F)c2)c(Cl)c1. The quantitative estimate of drug-likeness (QED) is 0.909. The van der Waals surface area contributed by atoms with Gasteiger partial charge in [0.1, 0.15) is 5.82 Å². The van der Waals surface area contributed by atoms with Gasteiger partial charge in [0.05, 0.1) is 10.7 Å². The third-order valence-electron chi connectivity index (χ3n) is 3.05. The van der Waals surface area contributed by atoms with Gasteiger partial charge in [0.2, 0.25) is 0 Å². The number of nitrogens with two attached hydrogens (primary N) is 1. The molecule has 0 heterocycles. The highest BCUT2D eigenvalue weighted by Crippen LogP contribution is 2.32. The average molecular weight is 279 g/mol. The molecule has 0 aliphatic carbocycles. The second-order valence-electron chi connectivity index (χ2n) is 4.54. The molecular weight excluding hydrogens is 263 g/mol. The minimum atomic E-state index is -0.271. The normalized spacial score (nSPS) is 12.3. The number of hydrogen-bond donors (Lipinski definition) is 1. The minimum absolute atomic E-state index is 0.0639. The number of hydrogen-bond acceptors (Lipinski definition) is 2. The number of anilines is 2. The molecule has 2 aromatic rings. The molecule has 0 bridgehead atoms. The van der Waals surface area contributed by atoms with E-state index in [-0.39, 0.29) is 11.9 Å². The molecule has 4 heteroatoms. The summed E-state index contributed by atoms with van der Waals surface area (Å²) in [6.45, 7) is 1.90. The molecule has 2 nitrogen and oxygen atoms in total. The fourth-order valence-corrected chi connectivity index (χ4v) is 2.22.